The van der Waals surface area contributed by atoms with E-state index in [0.29, 0.717) is 37.0 Å². The Hall–Kier alpha value is -3.48. The van der Waals surface area contributed by atoms with Gasteiger partial charge in [0, 0.05) is 18.2 Å². The van der Waals surface area contributed by atoms with Gasteiger partial charge < -0.3 is 24.1 Å². The second-order valence-corrected chi connectivity index (χ2v) is 6.67. The highest BCUT2D eigenvalue weighted by atomic mass is 16.6. The molecular weight excluding hydrogens is 372 g/mol. The average Bonchev–Trinajstić information content (AvgIpc) is 3.22. The molecule has 1 N–H and O–H groups in total. The third-order valence-corrected chi connectivity index (χ3v) is 4.60. The Kier molecular flexibility index (Phi) is 5.65. The minimum atomic E-state index is -0.102. The molecule has 7 nitrogen and oxygen atoms in total. The summed E-state index contributed by atoms with van der Waals surface area (Å²) in [5.74, 6) is 2.69. The van der Waals surface area contributed by atoms with Gasteiger partial charge in [-0.05, 0) is 42.3 Å². The van der Waals surface area contributed by atoms with Gasteiger partial charge in [-0.25, -0.2) is 0 Å². The zero-order chi connectivity index (χ0) is 20.1. The summed E-state index contributed by atoms with van der Waals surface area (Å²) < 4.78 is 21.7. The van der Waals surface area contributed by atoms with Crippen molar-refractivity contribution in [2.75, 3.05) is 26.9 Å². The number of ether oxygens (including phenoxy) is 3. The molecule has 2 heterocycles. The quantitative estimate of drug-likeness (QED) is 0.663. The number of rotatable bonds is 7. The van der Waals surface area contributed by atoms with E-state index in [9.17, 15) is 4.79 Å². The molecule has 1 aromatic heterocycles. The van der Waals surface area contributed by atoms with E-state index < -0.39 is 0 Å². The summed E-state index contributed by atoms with van der Waals surface area (Å²) in [7, 11) is 1.64. The van der Waals surface area contributed by atoms with Gasteiger partial charge in [-0.15, -0.1) is 0 Å². The Morgan fingerprint density at radius 3 is 2.83 bits per heavy atom. The van der Waals surface area contributed by atoms with Crippen molar-refractivity contribution in [3.8, 4) is 28.6 Å². The van der Waals surface area contributed by atoms with Crippen molar-refractivity contribution in [3.63, 3.8) is 0 Å². The summed E-state index contributed by atoms with van der Waals surface area (Å²) in [6.45, 7) is 1.61. The van der Waals surface area contributed by atoms with Crippen molar-refractivity contribution in [2.24, 2.45) is 0 Å². The molecule has 0 aliphatic carbocycles. The maximum atomic E-state index is 12.2. The molecule has 4 rings (SSSR count). The number of carbonyl (C=O) groups is 1. The number of fused-ring (bicyclic) bond motifs is 1. The fourth-order valence-corrected chi connectivity index (χ4v) is 3.13. The predicted octanol–water partition coefficient (Wildman–Crippen LogP) is 3.02. The maximum Gasteiger partial charge on any atom is 0.226 e. The van der Waals surface area contributed by atoms with Crippen LogP contribution in [0, 0.1) is 0 Å². The van der Waals surface area contributed by atoms with Crippen molar-refractivity contribution in [1.29, 1.82) is 0 Å². The van der Waals surface area contributed by atoms with E-state index in [4.69, 9.17) is 18.7 Å². The third-order valence-electron chi connectivity index (χ3n) is 4.60. The highest BCUT2D eigenvalue weighted by Gasteiger charge is 2.15. The first-order valence-electron chi connectivity index (χ1n) is 9.46. The number of amides is 1. The number of methoxy groups -OCH3 is 1. The van der Waals surface area contributed by atoms with Gasteiger partial charge in [-0.2, -0.15) is 0 Å². The molecule has 150 valence electrons. The fourth-order valence-electron chi connectivity index (χ4n) is 3.13. The summed E-state index contributed by atoms with van der Waals surface area (Å²) in [6, 6.07) is 15.1. The minimum absolute atomic E-state index is 0.102. The average molecular weight is 394 g/mol. The molecule has 3 aromatic rings. The number of hydrogen-bond donors (Lipinski definition) is 1. The molecule has 0 bridgehead atoms. The highest BCUT2D eigenvalue weighted by Crippen LogP contribution is 2.34. The SMILES string of the molecule is COc1cccc(CCNC(=O)Cc2cc(-c3ccc4c(c3)OCCO4)on2)c1. The van der Waals surface area contributed by atoms with Crippen LogP contribution in [0.15, 0.2) is 53.1 Å². The van der Waals surface area contributed by atoms with Crippen molar-refractivity contribution >= 4 is 5.91 Å². The number of nitrogens with one attached hydrogen (secondary N) is 1. The third kappa shape index (κ3) is 4.68. The van der Waals surface area contributed by atoms with Crippen LogP contribution in [0.2, 0.25) is 0 Å². The minimum Gasteiger partial charge on any atom is -0.497 e. The Labute approximate surface area is 168 Å². The van der Waals surface area contributed by atoms with E-state index in [1.54, 1.807) is 13.2 Å². The van der Waals surface area contributed by atoms with Crippen LogP contribution in [-0.2, 0) is 17.6 Å². The summed E-state index contributed by atoms with van der Waals surface area (Å²) in [4.78, 5) is 12.2. The summed E-state index contributed by atoms with van der Waals surface area (Å²) in [6.07, 6.45) is 0.885. The number of hydrogen-bond acceptors (Lipinski definition) is 6. The van der Waals surface area contributed by atoms with E-state index in [1.165, 1.54) is 0 Å². The molecule has 0 radical (unpaired) electrons. The van der Waals surface area contributed by atoms with Crippen molar-refractivity contribution in [2.45, 2.75) is 12.8 Å². The van der Waals surface area contributed by atoms with E-state index in [0.717, 1.165) is 29.0 Å². The number of carbonyl (C=O) groups excluding carboxylic acids is 1. The molecule has 1 amide bonds. The standard InChI is InChI=1S/C22H22N2O5/c1-26-18-4-2-3-15(11-18)7-8-23-22(25)14-17-13-20(29-24-17)16-5-6-19-21(12-16)28-10-9-27-19/h2-6,11-13H,7-10,14H2,1H3,(H,23,25). The number of benzene rings is 2. The molecule has 0 fully saturated rings. The van der Waals surface area contributed by atoms with E-state index in [-0.39, 0.29) is 12.3 Å². The van der Waals surface area contributed by atoms with Crippen LogP contribution in [0.1, 0.15) is 11.3 Å². The van der Waals surface area contributed by atoms with E-state index in [1.807, 2.05) is 42.5 Å². The van der Waals surface area contributed by atoms with Crippen LogP contribution >= 0.6 is 0 Å². The second kappa shape index (κ2) is 8.68. The first-order valence-corrected chi connectivity index (χ1v) is 9.46. The van der Waals surface area contributed by atoms with Gasteiger partial charge in [0.15, 0.2) is 17.3 Å². The summed E-state index contributed by atoms with van der Waals surface area (Å²) in [5, 5.41) is 6.92. The first-order chi connectivity index (χ1) is 14.2. The first kappa shape index (κ1) is 18.9. The normalized spacial score (nSPS) is 12.4. The van der Waals surface area contributed by atoms with Crippen LogP contribution in [0.4, 0.5) is 0 Å². The van der Waals surface area contributed by atoms with E-state index in [2.05, 4.69) is 10.5 Å². The van der Waals surface area contributed by atoms with Crippen molar-refractivity contribution in [3.05, 3.63) is 59.8 Å². The smallest absolute Gasteiger partial charge is 0.226 e. The molecule has 1 aliphatic rings. The molecule has 0 saturated carbocycles. The van der Waals surface area contributed by atoms with Gasteiger partial charge in [0.1, 0.15) is 19.0 Å². The topological polar surface area (TPSA) is 82.8 Å². The zero-order valence-electron chi connectivity index (χ0n) is 16.1. The monoisotopic (exact) mass is 394 g/mol. The van der Waals surface area contributed by atoms with Gasteiger partial charge >= 0.3 is 0 Å². The van der Waals surface area contributed by atoms with Gasteiger partial charge in [-0.3, -0.25) is 4.79 Å². The summed E-state index contributed by atoms with van der Waals surface area (Å²) >= 11 is 0. The van der Waals surface area contributed by atoms with Crippen molar-refractivity contribution in [1.82, 2.24) is 10.5 Å². The van der Waals surface area contributed by atoms with Crippen LogP contribution in [0.5, 0.6) is 17.2 Å². The molecule has 0 atom stereocenters. The molecule has 1 aliphatic heterocycles. The second-order valence-electron chi connectivity index (χ2n) is 6.67. The largest absolute Gasteiger partial charge is 0.497 e. The number of nitrogens with zero attached hydrogens (tertiary/aromatic N) is 1. The Bertz CT molecular complexity index is 998. The zero-order valence-corrected chi connectivity index (χ0v) is 16.1. The van der Waals surface area contributed by atoms with Gasteiger partial charge in [0.2, 0.25) is 5.91 Å². The molecule has 2 aromatic carbocycles. The van der Waals surface area contributed by atoms with Crippen LogP contribution in [0.25, 0.3) is 11.3 Å². The lowest BCUT2D eigenvalue weighted by molar-refractivity contribution is -0.120. The molecule has 0 saturated heterocycles. The highest BCUT2D eigenvalue weighted by molar-refractivity contribution is 5.78. The maximum absolute atomic E-state index is 12.2. The Morgan fingerprint density at radius 1 is 1.10 bits per heavy atom. The molecule has 0 unspecified atom stereocenters. The number of aromatic nitrogens is 1. The lowest BCUT2D eigenvalue weighted by Crippen LogP contribution is -2.27. The van der Waals surface area contributed by atoms with Gasteiger partial charge in [-0.1, -0.05) is 17.3 Å². The molecule has 29 heavy (non-hydrogen) atoms. The van der Waals surface area contributed by atoms with Gasteiger partial charge in [0.05, 0.1) is 19.2 Å². The van der Waals surface area contributed by atoms with Crippen LogP contribution in [0.3, 0.4) is 0 Å². The van der Waals surface area contributed by atoms with E-state index >= 15 is 0 Å². The van der Waals surface area contributed by atoms with Crippen molar-refractivity contribution < 1.29 is 23.5 Å². The lowest BCUT2D eigenvalue weighted by Gasteiger charge is -2.18. The molecule has 7 heteroatoms. The lowest BCUT2D eigenvalue weighted by atomic mass is 10.1. The van der Waals surface area contributed by atoms with Crippen LogP contribution < -0.4 is 19.5 Å². The Balaban J connectivity index is 1.31. The molecular formula is C22H22N2O5. The summed E-state index contributed by atoms with van der Waals surface area (Å²) in [5.41, 5.74) is 2.51. The predicted molar refractivity (Wildman–Crippen MR) is 106 cm³/mol. The Morgan fingerprint density at radius 2 is 1.97 bits per heavy atom. The fraction of sp³-hybridized carbons (Fsp3) is 0.273. The van der Waals surface area contributed by atoms with Gasteiger partial charge in [0.25, 0.3) is 0 Å². The van der Waals surface area contributed by atoms with Crippen LogP contribution in [-0.4, -0.2) is 37.9 Å². The molecule has 0 spiro atoms.